The minimum absolute atomic E-state index is 0.246. The number of benzene rings is 1. The zero-order chi connectivity index (χ0) is 11.8. The van der Waals surface area contributed by atoms with Gasteiger partial charge >= 0.3 is 10.2 Å². The first-order valence-corrected chi connectivity index (χ1v) is 6.76. The molecule has 0 fully saturated rings. The Bertz CT molecular complexity index is 499. The summed E-state index contributed by atoms with van der Waals surface area (Å²) in [7, 11) is -2.33. The van der Waals surface area contributed by atoms with Crippen molar-refractivity contribution in [2.45, 2.75) is 12.8 Å². The SMILES string of the molecule is CN1CCc2cc(CCS(=O)(=O)F)ccc21. The summed E-state index contributed by atoms with van der Waals surface area (Å²) in [6.45, 7) is 0.986. The van der Waals surface area contributed by atoms with Gasteiger partial charge in [0.15, 0.2) is 0 Å². The van der Waals surface area contributed by atoms with Crippen molar-refractivity contribution < 1.29 is 12.3 Å². The Morgan fingerprint density at radius 2 is 2.19 bits per heavy atom. The van der Waals surface area contributed by atoms with Gasteiger partial charge in [-0.15, -0.1) is 3.89 Å². The number of anilines is 1. The second-order valence-corrected chi connectivity index (χ2v) is 5.61. The van der Waals surface area contributed by atoms with Crippen molar-refractivity contribution in [1.29, 1.82) is 0 Å². The van der Waals surface area contributed by atoms with Gasteiger partial charge in [0.25, 0.3) is 0 Å². The monoisotopic (exact) mass is 243 g/mol. The molecular formula is C11H14FNO2S. The highest BCUT2D eigenvalue weighted by Gasteiger charge is 2.16. The molecule has 0 unspecified atom stereocenters. The molecule has 1 aliphatic rings. The Morgan fingerprint density at radius 3 is 2.88 bits per heavy atom. The van der Waals surface area contributed by atoms with Crippen LogP contribution in [0.4, 0.5) is 9.57 Å². The lowest BCUT2D eigenvalue weighted by molar-refractivity contribution is 0.551. The van der Waals surface area contributed by atoms with E-state index in [0.29, 0.717) is 0 Å². The average Bonchev–Trinajstić information content (AvgIpc) is 2.56. The van der Waals surface area contributed by atoms with Gasteiger partial charge in [-0.05, 0) is 30.0 Å². The molecule has 16 heavy (non-hydrogen) atoms. The lowest BCUT2D eigenvalue weighted by atomic mass is 10.1. The van der Waals surface area contributed by atoms with Crippen LogP contribution in [-0.2, 0) is 23.1 Å². The number of nitrogens with zero attached hydrogens (tertiary/aromatic N) is 1. The molecule has 0 atom stereocenters. The maximum absolute atomic E-state index is 12.4. The van der Waals surface area contributed by atoms with Crippen LogP contribution in [0.3, 0.4) is 0 Å². The van der Waals surface area contributed by atoms with Crippen LogP contribution in [0.1, 0.15) is 11.1 Å². The average molecular weight is 243 g/mol. The van der Waals surface area contributed by atoms with Crippen LogP contribution in [0.25, 0.3) is 0 Å². The van der Waals surface area contributed by atoms with Crippen LogP contribution in [-0.4, -0.2) is 27.8 Å². The Morgan fingerprint density at radius 1 is 1.44 bits per heavy atom. The maximum atomic E-state index is 12.4. The standard InChI is InChI=1S/C11H14FNO2S/c1-13-6-4-10-8-9(2-3-11(10)13)5-7-16(12,14)15/h2-3,8H,4-7H2,1H3. The zero-order valence-corrected chi connectivity index (χ0v) is 9.93. The van der Waals surface area contributed by atoms with Gasteiger partial charge in [-0.1, -0.05) is 12.1 Å². The van der Waals surface area contributed by atoms with Gasteiger partial charge in [0.2, 0.25) is 0 Å². The number of hydrogen-bond acceptors (Lipinski definition) is 3. The highest BCUT2D eigenvalue weighted by molar-refractivity contribution is 7.86. The largest absolute Gasteiger partial charge is 0.374 e. The van der Waals surface area contributed by atoms with Gasteiger partial charge in [-0.3, -0.25) is 0 Å². The van der Waals surface area contributed by atoms with Crippen molar-refractivity contribution in [2.24, 2.45) is 0 Å². The molecule has 2 rings (SSSR count). The predicted octanol–water partition coefficient (Wildman–Crippen LogP) is 1.52. The minimum Gasteiger partial charge on any atom is -0.374 e. The summed E-state index contributed by atoms with van der Waals surface area (Å²) in [6, 6.07) is 5.82. The molecule has 0 spiro atoms. The molecule has 0 aromatic heterocycles. The Hall–Kier alpha value is -1.10. The molecule has 3 nitrogen and oxygen atoms in total. The first-order chi connectivity index (χ1) is 7.46. The van der Waals surface area contributed by atoms with E-state index in [0.717, 1.165) is 18.5 Å². The second kappa shape index (κ2) is 4.05. The number of likely N-dealkylation sites (N-methyl/N-ethyl adjacent to an activating group) is 1. The molecule has 0 bridgehead atoms. The van der Waals surface area contributed by atoms with Gasteiger partial charge in [0, 0.05) is 19.3 Å². The van der Waals surface area contributed by atoms with Gasteiger partial charge < -0.3 is 4.90 Å². The summed E-state index contributed by atoms with van der Waals surface area (Å²) < 4.78 is 33.2. The number of halogens is 1. The predicted molar refractivity (Wildman–Crippen MR) is 62.0 cm³/mol. The molecule has 1 heterocycles. The summed E-state index contributed by atoms with van der Waals surface area (Å²) in [5.41, 5.74) is 3.29. The smallest absolute Gasteiger partial charge is 0.302 e. The Balaban J connectivity index is 2.14. The van der Waals surface area contributed by atoms with Crippen LogP contribution >= 0.6 is 0 Å². The van der Waals surface area contributed by atoms with E-state index in [4.69, 9.17) is 0 Å². The number of rotatable bonds is 3. The molecule has 0 aliphatic carbocycles. The molecular weight excluding hydrogens is 229 g/mol. The first kappa shape index (κ1) is 11.4. The van der Waals surface area contributed by atoms with Gasteiger partial charge in [0.1, 0.15) is 0 Å². The number of hydrogen-bond donors (Lipinski definition) is 0. The third-order valence-corrected chi connectivity index (χ3v) is 3.60. The highest BCUT2D eigenvalue weighted by Crippen LogP contribution is 2.27. The third-order valence-electron chi connectivity index (χ3n) is 2.91. The number of fused-ring (bicyclic) bond motifs is 1. The third kappa shape index (κ3) is 2.52. The van der Waals surface area contributed by atoms with Crippen LogP contribution in [0.15, 0.2) is 18.2 Å². The second-order valence-electron chi connectivity index (χ2n) is 4.13. The fourth-order valence-corrected chi connectivity index (χ4v) is 2.49. The molecule has 1 aromatic carbocycles. The molecule has 5 heteroatoms. The maximum Gasteiger partial charge on any atom is 0.302 e. The first-order valence-electron chi connectivity index (χ1n) is 5.21. The highest BCUT2D eigenvalue weighted by atomic mass is 32.3. The normalized spacial score (nSPS) is 15.2. The topological polar surface area (TPSA) is 37.4 Å². The van der Waals surface area contributed by atoms with Crippen molar-refractivity contribution in [3.05, 3.63) is 29.3 Å². The molecule has 0 saturated carbocycles. The fraction of sp³-hybridized carbons (Fsp3) is 0.455. The van der Waals surface area contributed by atoms with E-state index in [1.807, 2.05) is 25.2 Å². The van der Waals surface area contributed by atoms with Crippen LogP contribution in [0.5, 0.6) is 0 Å². The van der Waals surface area contributed by atoms with Crippen molar-refractivity contribution >= 4 is 15.9 Å². The van der Waals surface area contributed by atoms with E-state index in [2.05, 4.69) is 4.90 Å². The summed E-state index contributed by atoms with van der Waals surface area (Å²) in [5.74, 6) is -0.429. The summed E-state index contributed by atoms with van der Waals surface area (Å²) in [5, 5.41) is 0. The van der Waals surface area contributed by atoms with Crippen LogP contribution in [0.2, 0.25) is 0 Å². The Kier molecular flexibility index (Phi) is 2.88. The summed E-state index contributed by atoms with van der Waals surface area (Å²) in [6.07, 6.45) is 1.22. The molecule has 1 aliphatic heterocycles. The molecule has 0 saturated heterocycles. The lowest BCUT2D eigenvalue weighted by Gasteiger charge is -2.11. The molecule has 0 amide bonds. The minimum atomic E-state index is -4.36. The van der Waals surface area contributed by atoms with Gasteiger partial charge in [0.05, 0.1) is 5.75 Å². The lowest BCUT2D eigenvalue weighted by Crippen LogP contribution is -2.12. The van der Waals surface area contributed by atoms with E-state index in [1.54, 1.807) is 0 Å². The van der Waals surface area contributed by atoms with Crippen LogP contribution in [0, 0.1) is 0 Å². The van der Waals surface area contributed by atoms with Gasteiger partial charge in [-0.25, -0.2) is 0 Å². The van der Waals surface area contributed by atoms with Crippen molar-refractivity contribution in [2.75, 3.05) is 24.2 Å². The number of aryl methyl sites for hydroxylation is 1. The van der Waals surface area contributed by atoms with E-state index in [1.165, 1.54) is 11.3 Å². The van der Waals surface area contributed by atoms with E-state index in [-0.39, 0.29) is 6.42 Å². The van der Waals surface area contributed by atoms with Crippen LogP contribution < -0.4 is 4.90 Å². The van der Waals surface area contributed by atoms with E-state index < -0.39 is 16.0 Å². The quantitative estimate of drug-likeness (QED) is 0.755. The van der Waals surface area contributed by atoms with E-state index in [9.17, 15) is 12.3 Å². The summed E-state index contributed by atoms with van der Waals surface area (Å²) >= 11 is 0. The Labute approximate surface area is 95.1 Å². The van der Waals surface area contributed by atoms with E-state index >= 15 is 0 Å². The molecule has 1 aromatic rings. The van der Waals surface area contributed by atoms with Gasteiger partial charge in [-0.2, -0.15) is 8.42 Å². The fourth-order valence-electron chi connectivity index (χ4n) is 2.02. The molecule has 0 N–H and O–H groups in total. The zero-order valence-electron chi connectivity index (χ0n) is 9.11. The molecule has 88 valence electrons. The van der Waals surface area contributed by atoms with Crippen molar-refractivity contribution in [1.82, 2.24) is 0 Å². The van der Waals surface area contributed by atoms with Crippen molar-refractivity contribution in [3.8, 4) is 0 Å². The van der Waals surface area contributed by atoms with Crippen molar-refractivity contribution in [3.63, 3.8) is 0 Å². The molecule has 0 radical (unpaired) electrons. The summed E-state index contributed by atoms with van der Waals surface area (Å²) in [4.78, 5) is 2.16.